The number of benzene rings is 2. The molecule has 0 saturated carbocycles. The first-order valence-electron chi connectivity index (χ1n) is 20.5. The van der Waals surface area contributed by atoms with Crippen LogP contribution in [0.3, 0.4) is 0 Å². The van der Waals surface area contributed by atoms with Gasteiger partial charge in [0.15, 0.2) is 0 Å². The molecule has 3 saturated heterocycles. The number of piperazine rings is 1. The number of nitrogens with one attached hydrogen (secondary N) is 4. The van der Waals surface area contributed by atoms with E-state index in [0.717, 1.165) is 42.2 Å². The highest BCUT2D eigenvalue weighted by atomic mass is 19.1. The molecule has 0 radical (unpaired) electrons. The zero-order chi connectivity index (χ0) is 41.7. The number of hydrazine groups is 1. The largest absolute Gasteiger partial charge is 0.626 e. The predicted molar refractivity (Wildman–Crippen MR) is 221 cm³/mol. The fourth-order valence-corrected chi connectivity index (χ4v) is 9.15. The van der Waals surface area contributed by atoms with Crippen LogP contribution in [0.25, 0.3) is 5.70 Å². The van der Waals surface area contributed by atoms with Crippen LogP contribution in [-0.4, -0.2) is 112 Å². The number of likely N-dealkylation sites (N-methyl/N-ethyl adjacent to an activating group) is 1. The number of carbonyl (C=O) groups is 3. The Labute approximate surface area is 343 Å². The number of likely N-dealkylation sites (tertiary alicyclic amines) is 2. The Bertz CT molecular complexity index is 2190. The van der Waals surface area contributed by atoms with E-state index in [1.54, 1.807) is 31.2 Å². The van der Waals surface area contributed by atoms with E-state index < -0.39 is 38.9 Å². The number of hydrogen-bond acceptors (Lipinski definition) is 12. The Morgan fingerprint density at radius 2 is 1.76 bits per heavy atom. The summed E-state index contributed by atoms with van der Waals surface area (Å²) in [4.78, 5) is 50.5. The second kappa shape index (κ2) is 15.7. The van der Waals surface area contributed by atoms with Gasteiger partial charge in [-0.1, -0.05) is 18.2 Å². The fourth-order valence-electron chi connectivity index (χ4n) is 9.15. The molecule has 3 amide bonds. The molecule has 6 unspecified atom stereocenters. The Hall–Kier alpha value is -5.23. The zero-order valence-electron chi connectivity index (χ0n) is 34.0. The van der Waals surface area contributed by atoms with Crippen molar-refractivity contribution in [3.05, 3.63) is 118 Å². The number of nitrogens with zero attached hydrogens (tertiary/aromatic N) is 6. The first kappa shape index (κ1) is 40.5. The van der Waals surface area contributed by atoms with E-state index >= 15 is 0 Å². The van der Waals surface area contributed by atoms with Crippen molar-refractivity contribution in [3.63, 3.8) is 0 Å². The van der Waals surface area contributed by atoms with Gasteiger partial charge in [-0.3, -0.25) is 24.4 Å². The summed E-state index contributed by atoms with van der Waals surface area (Å²) in [6, 6.07) is 16.6. The standard InChI is InChI=1S/C43H53FN10O5/c1-29-25-32(15-16-33(29)40(56)52(58)36-13-8-24-54(4,59)41(36)57)45-28-39(55)50-22-20-49(21-23-50)38-14-6-11-34(47-38)37-27-46-42(2)17-18-43(3,48-53(37)42)51-19-7-12-35(51)30-9-5-10-31(44)26-30/h5-6,9-11,14-18,25-27,35-36,45-46,48,52H,7-8,12-13,19-24,28H2,1-4H3. The van der Waals surface area contributed by atoms with Gasteiger partial charge in [0.1, 0.15) is 23.0 Å². The highest BCUT2D eigenvalue weighted by molar-refractivity contribution is 5.91. The Morgan fingerprint density at radius 1 is 1.00 bits per heavy atom. The third-order valence-corrected chi connectivity index (χ3v) is 12.6. The molecule has 2 aromatic carbocycles. The molecule has 15 nitrogen and oxygen atoms in total. The third-order valence-electron chi connectivity index (χ3n) is 12.6. The summed E-state index contributed by atoms with van der Waals surface area (Å²) in [5, 5.41) is 33.4. The Morgan fingerprint density at radius 3 is 2.53 bits per heavy atom. The summed E-state index contributed by atoms with van der Waals surface area (Å²) in [5.74, 6) is -1.02. The Balaban J connectivity index is 0.863. The smallest absolute Gasteiger partial charge is 0.372 e. The van der Waals surface area contributed by atoms with E-state index in [4.69, 9.17) is 4.98 Å². The van der Waals surface area contributed by atoms with Crippen LogP contribution < -0.4 is 26.0 Å². The van der Waals surface area contributed by atoms with E-state index in [1.165, 1.54) is 19.2 Å². The molecule has 3 aromatic rings. The minimum atomic E-state index is -1.22. The molecule has 1 aromatic heterocycles. The number of amides is 3. The van der Waals surface area contributed by atoms with Gasteiger partial charge in [0.05, 0.1) is 37.1 Å². The molecule has 0 spiro atoms. The molecule has 0 aliphatic carbocycles. The number of hydroxylamine groups is 5. The summed E-state index contributed by atoms with van der Waals surface area (Å²) in [7, 11) is 1.22. The lowest BCUT2D eigenvalue weighted by molar-refractivity contribution is -0.837. The van der Waals surface area contributed by atoms with Gasteiger partial charge in [-0.2, -0.15) is 0 Å². The second-order valence-corrected chi connectivity index (χ2v) is 16.8. The molecule has 312 valence electrons. The number of quaternary nitrogens is 2. The van der Waals surface area contributed by atoms with Crippen LogP contribution in [0, 0.1) is 23.2 Å². The topological polar surface area (TPSA) is 164 Å². The summed E-state index contributed by atoms with van der Waals surface area (Å²) in [6.45, 7) is 9.23. The fraction of sp³-hybridized carbons (Fsp3) is 0.442. The maximum absolute atomic E-state index is 14.3. The number of hydrogen-bond donors (Lipinski definition) is 4. The van der Waals surface area contributed by atoms with Crippen molar-refractivity contribution >= 4 is 34.9 Å². The molecular formula is C43H53FN10O5. The molecule has 3 fully saturated rings. The van der Waals surface area contributed by atoms with Crippen LogP contribution in [0.1, 0.15) is 72.8 Å². The minimum absolute atomic E-state index is 0.0481. The van der Waals surface area contributed by atoms with Gasteiger partial charge < -0.3 is 30.8 Å². The van der Waals surface area contributed by atoms with Crippen LogP contribution in [0.2, 0.25) is 0 Å². The van der Waals surface area contributed by atoms with Crippen molar-refractivity contribution in [3.8, 4) is 0 Å². The summed E-state index contributed by atoms with van der Waals surface area (Å²) < 4.78 is 13.1. The SMILES string of the molecule is Cc1cc(NCC(=O)N2CCN(c3cccc(C4=CNC5(C)C=CC(C)(N6CCCC6c6cccc(F)c6)NN45)n3)CC2)ccc1C(=O)[NH+]([O-])C1CCC[N+](C)([O-])C1=O. The maximum atomic E-state index is 14.3. The minimum Gasteiger partial charge on any atom is -0.626 e. The van der Waals surface area contributed by atoms with Crippen molar-refractivity contribution in [2.45, 2.75) is 69.9 Å². The highest BCUT2D eigenvalue weighted by Gasteiger charge is 2.48. The number of halogens is 1. The first-order valence-corrected chi connectivity index (χ1v) is 20.5. The molecule has 6 heterocycles. The number of fused-ring (bicyclic) bond motifs is 1. The molecular weight excluding hydrogens is 756 g/mol. The summed E-state index contributed by atoms with van der Waals surface area (Å²) in [5.41, 5.74) is 6.76. The predicted octanol–water partition coefficient (Wildman–Crippen LogP) is 2.99. The van der Waals surface area contributed by atoms with Crippen molar-refractivity contribution in [1.82, 2.24) is 30.5 Å². The number of anilines is 2. The van der Waals surface area contributed by atoms with Crippen LogP contribution in [0.15, 0.2) is 79.0 Å². The molecule has 4 N–H and O–H groups in total. The van der Waals surface area contributed by atoms with Crippen LogP contribution >= 0.6 is 0 Å². The lowest BCUT2D eigenvalue weighted by Gasteiger charge is -2.51. The second-order valence-electron chi connectivity index (χ2n) is 16.8. The van der Waals surface area contributed by atoms with Gasteiger partial charge in [-0.15, -0.1) is 0 Å². The van der Waals surface area contributed by atoms with Crippen molar-refractivity contribution in [2.24, 2.45) is 0 Å². The van der Waals surface area contributed by atoms with Crippen molar-refractivity contribution < 1.29 is 28.5 Å². The highest BCUT2D eigenvalue weighted by Crippen LogP contribution is 2.42. The molecule has 59 heavy (non-hydrogen) atoms. The van der Waals surface area contributed by atoms with Gasteiger partial charge in [-0.25, -0.2) is 24.4 Å². The molecule has 0 bridgehead atoms. The van der Waals surface area contributed by atoms with Gasteiger partial charge in [0, 0.05) is 63.5 Å². The van der Waals surface area contributed by atoms with Gasteiger partial charge >= 0.3 is 11.8 Å². The van der Waals surface area contributed by atoms with Crippen LogP contribution in [-0.2, 0) is 9.59 Å². The van der Waals surface area contributed by atoms with Gasteiger partial charge in [-0.05, 0) is 99.4 Å². The lowest BCUT2D eigenvalue weighted by Crippen LogP contribution is -3.15. The van der Waals surface area contributed by atoms with E-state index in [1.807, 2.05) is 35.4 Å². The first-order chi connectivity index (χ1) is 28.2. The maximum Gasteiger partial charge on any atom is 0.372 e. The number of piperidine rings is 1. The summed E-state index contributed by atoms with van der Waals surface area (Å²) in [6.07, 6.45) is 8.92. The van der Waals surface area contributed by atoms with E-state index in [2.05, 4.69) is 56.9 Å². The monoisotopic (exact) mass is 808 g/mol. The van der Waals surface area contributed by atoms with E-state index in [9.17, 15) is 29.2 Å². The number of aryl methyl sites for hydroxylation is 1. The van der Waals surface area contributed by atoms with Gasteiger partial charge in [0.25, 0.3) is 0 Å². The molecule has 8 rings (SSSR count). The normalized spacial score (nSPS) is 28.9. The van der Waals surface area contributed by atoms with E-state index in [-0.39, 0.29) is 42.8 Å². The number of aromatic nitrogens is 1. The zero-order valence-corrected chi connectivity index (χ0v) is 34.0. The Kier molecular flexibility index (Phi) is 10.8. The molecule has 16 heteroatoms. The van der Waals surface area contributed by atoms with Crippen molar-refractivity contribution in [2.75, 3.05) is 63.1 Å². The number of rotatable bonds is 9. The molecule has 5 aliphatic heterocycles. The number of pyridine rings is 1. The third kappa shape index (κ3) is 7.83. The average molecular weight is 809 g/mol. The summed E-state index contributed by atoms with van der Waals surface area (Å²) >= 11 is 0. The average Bonchev–Trinajstić information content (AvgIpc) is 3.86. The number of carbonyl (C=O) groups excluding carboxylic acids is 3. The van der Waals surface area contributed by atoms with E-state index in [0.29, 0.717) is 43.9 Å². The molecule has 5 aliphatic rings. The van der Waals surface area contributed by atoms with Crippen LogP contribution in [0.4, 0.5) is 15.9 Å². The van der Waals surface area contributed by atoms with Crippen LogP contribution in [0.5, 0.6) is 0 Å². The van der Waals surface area contributed by atoms with Gasteiger partial charge in [0.2, 0.25) is 11.9 Å². The quantitative estimate of drug-likeness (QED) is 0.108. The molecule has 6 atom stereocenters. The van der Waals surface area contributed by atoms with Crippen molar-refractivity contribution in [1.29, 1.82) is 0 Å². The lowest BCUT2D eigenvalue weighted by atomic mass is 9.98.